The lowest BCUT2D eigenvalue weighted by molar-refractivity contribution is 0.0698. The molecule has 14 heavy (non-hydrogen) atoms. The van der Waals surface area contributed by atoms with Gasteiger partial charge in [0.1, 0.15) is 0 Å². The van der Waals surface area contributed by atoms with Crippen molar-refractivity contribution in [3.05, 3.63) is 32.6 Å². The molecule has 0 saturated heterocycles. The first-order chi connectivity index (χ1) is 6.59. The Kier molecular flexibility index (Phi) is 2.51. The molecule has 0 aliphatic rings. The Hall–Kier alpha value is -0.580. The molecule has 1 N–H and O–H groups in total. The average molecular weight is 292 g/mol. The molecular formula is C9H4BrClO2S. The summed E-state index contributed by atoms with van der Waals surface area (Å²) in [6.07, 6.45) is 0. The van der Waals surface area contributed by atoms with E-state index in [2.05, 4.69) is 15.9 Å². The molecule has 2 nitrogen and oxygen atoms in total. The number of halogens is 2. The average Bonchev–Trinajstić information content (AvgIpc) is 2.43. The van der Waals surface area contributed by atoms with Gasteiger partial charge in [0.05, 0.1) is 9.90 Å². The van der Waals surface area contributed by atoms with Gasteiger partial charge in [-0.3, -0.25) is 0 Å². The number of fused-ring (bicyclic) bond motifs is 1. The van der Waals surface area contributed by atoms with Gasteiger partial charge in [-0.05, 0) is 34.1 Å². The summed E-state index contributed by atoms with van der Waals surface area (Å²) in [7, 11) is 0. The lowest BCUT2D eigenvalue weighted by Gasteiger charge is -1.99. The first-order valence-corrected chi connectivity index (χ1v) is 5.69. The highest BCUT2D eigenvalue weighted by atomic mass is 79.9. The zero-order valence-corrected chi connectivity index (χ0v) is 9.91. The van der Waals surface area contributed by atoms with Crippen molar-refractivity contribution in [1.29, 1.82) is 0 Å². The van der Waals surface area contributed by atoms with Crippen LogP contribution in [0.4, 0.5) is 0 Å². The molecule has 2 rings (SSSR count). The molecule has 1 aromatic carbocycles. The summed E-state index contributed by atoms with van der Waals surface area (Å²) in [5, 5.41) is 9.69. The third-order valence-electron chi connectivity index (χ3n) is 1.83. The van der Waals surface area contributed by atoms with Gasteiger partial charge < -0.3 is 5.11 Å². The van der Waals surface area contributed by atoms with Crippen LogP contribution in [0.5, 0.6) is 0 Å². The van der Waals surface area contributed by atoms with E-state index < -0.39 is 5.97 Å². The molecule has 0 amide bonds. The standard InChI is InChI=1S/C9H4BrClO2S/c10-5-1-2-6-4(3-7(11)14-6)8(5)9(12)13/h1-3H,(H,12,13). The molecule has 0 aliphatic carbocycles. The third-order valence-corrected chi connectivity index (χ3v) is 3.72. The van der Waals surface area contributed by atoms with Gasteiger partial charge in [-0.15, -0.1) is 11.3 Å². The second-order valence-corrected chi connectivity index (χ2v) is 5.26. The van der Waals surface area contributed by atoms with E-state index in [0.717, 1.165) is 4.70 Å². The summed E-state index contributed by atoms with van der Waals surface area (Å²) in [6, 6.07) is 5.25. The smallest absolute Gasteiger partial charge is 0.337 e. The van der Waals surface area contributed by atoms with Gasteiger partial charge in [0.25, 0.3) is 0 Å². The van der Waals surface area contributed by atoms with Crippen molar-refractivity contribution in [2.24, 2.45) is 0 Å². The number of hydrogen-bond donors (Lipinski definition) is 1. The first-order valence-electron chi connectivity index (χ1n) is 3.70. The van der Waals surface area contributed by atoms with Crippen molar-refractivity contribution in [2.45, 2.75) is 0 Å². The summed E-state index contributed by atoms with van der Waals surface area (Å²) < 4.78 is 2.06. The monoisotopic (exact) mass is 290 g/mol. The van der Waals surface area contributed by atoms with Crippen molar-refractivity contribution < 1.29 is 9.90 Å². The molecule has 1 heterocycles. The van der Waals surface area contributed by atoms with Crippen LogP contribution in [0.25, 0.3) is 10.1 Å². The van der Waals surface area contributed by atoms with Crippen LogP contribution >= 0.6 is 38.9 Å². The van der Waals surface area contributed by atoms with Crippen LogP contribution in [0.1, 0.15) is 10.4 Å². The normalized spacial score (nSPS) is 10.7. The molecule has 0 fully saturated rings. The van der Waals surface area contributed by atoms with Gasteiger partial charge in [0, 0.05) is 14.6 Å². The van der Waals surface area contributed by atoms with Gasteiger partial charge >= 0.3 is 5.97 Å². The minimum Gasteiger partial charge on any atom is -0.478 e. The van der Waals surface area contributed by atoms with Gasteiger partial charge in [0.2, 0.25) is 0 Å². The number of hydrogen-bond acceptors (Lipinski definition) is 2. The zero-order valence-electron chi connectivity index (χ0n) is 6.75. The molecule has 0 radical (unpaired) electrons. The van der Waals surface area contributed by atoms with Crippen LogP contribution in [0.3, 0.4) is 0 Å². The van der Waals surface area contributed by atoms with E-state index in [0.29, 0.717) is 14.2 Å². The van der Waals surface area contributed by atoms with E-state index in [4.69, 9.17) is 16.7 Å². The summed E-state index contributed by atoms with van der Waals surface area (Å²) in [6.45, 7) is 0. The van der Waals surface area contributed by atoms with Crippen LogP contribution in [0, 0.1) is 0 Å². The van der Waals surface area contributed by atoms with E-state index in [1.807, 2.05) is 6.07 Å². The Bertz CT molecular complexity index is 521. The number of rotatable bonds is 1. The van der Waals surface area contributed by atoms with Crippen LogP contribution in [-0.4, -0.2) is 11.1 Å². The van der Waals surface area contributed by atoms with E-state index >= 15 is 0 Å². The molecular weight excluding hydrogens is 288 g/mol. The maximum Gasteiger partial charge on any atom is 0.337 e. The second kappa shape index (κ2) is 3.53. The first kappa shape index (κ1) is 9.96. The molecule has 5 heteroatoms. The van der Waals surface area contributed by atoms with Crippen molar-refractivity contribution in [2.75, 3.05) is 0 Å². The van der Waals surface area contributed by atoms with Gasteiger partial charge in [0.15, 0.2) is 0 Å². The van der Waals surface area contributed by atoms with E-state index in [1.54, 1.807) is 12.1 Å². The SMILES string of the molecule is O=C(O)c1c(Br)ccc2sc(Cl)cc12. The number of carbonyl (C=O) groups is 1. The minimum atomic E-state index is -0.947. The second-order valence-electron chi connectivity index (χ2n) is 2.69. The predicted molar refractivity (Wildman–Crippen MR) is 61.5 cm³/mol. The summed E-state index contributed by atoms with van der Waals surface area (Å²) in [5.74, 6) is -0.947. The van der Waals surface area contributed by atoms with E-state index in [9.17, 15) is 4.79 Å². The van der Waals surface area contributed by atoms with Crippen LogP contribution in [0.15, 0.2) is 22.7 Å². The Labute approximate surface area is 97.2 Å². The molecule has 0 saturated carbocycles. The molecule has 0 atom stereocenters. The number of aromatic carboxylic acids is 1. The minimum absolute atomic E-state index is 0.269. The summed E-state index contributed by atoms with van der Waals surface area (Å²) in [4.78, 5) is 11.0. The topological polar surface area (TPSA) is 37.3 Å². The Morgan fingerprint density at radius 3 is 2.86 bits per heavy atom. The highest BCUT2D eigenvalue weighted by Crippen LogP contribution is 2.34. The Balaban J connectivity index is 2.88. The fraction of sp³-hybridized carbons (Fsp3) is 0. The molecule has 0 spiro atoms. The van der Waals surface area contributed by atoms with Crippen LogP contribution in [0.2, 0.25) is 4.34 Å². The van der Waals surface area contributed by atoms with Crippen molar-refractivity contribution >= 4 is 54.9 Å². The van der Waals surface area contributed by atoms with Gasteiger partial charge in [-0.25, -0.2) is 4.79 Å². The molecule has 0 aliphatic heterocycles. The van der Waals surface area contributed by atoms with Gasteiger partial charge in [-0.1, -0.05) is 11.6 Å². The lowest BCUT2D eigenvalue weighted by Crippen LogP contribution is -1.97. The van der Waals surface area contributed by atoms with Gasteiger partial charge in [-0.2, -0.15) is 0 Å². The molecule has 72 valence electrons. The van der Waals surface area contributed by atoms with Crippen LogP contribution in [-0.2, 0) is 0 Å². The number of thiophene rings is 1. The third kappa shape index (κ3) is 1.54. The Morgan fingerprint density at radius 2 is 2.21 bits per heavy atom. The van der Waals surface area contributed by atoms with E-state index in [-0.39, 0.29) is 5.56 Å². The molecule has 1 aromatic heterocycles. The maximum absolute atomic E-state index is 11.0. The number of carboxylic acid groups (broad SMARTS) is 1. The molecule has 0 unspecified atom stereocenters. The lowest BCUT2D eigenvalue weighted by atomic mass is 10.1. The Morgan fingerprint density at radius 1 is 1.50 bits per heavy atom. The fourth-order valence-electron chi connectivity index (χ4n) is 1.27. The molecule has 2 aromatic rings. The van der Waals surface area contributed by atoms with Crippen molar-refractivity contribution in [3.63, 3.8) is 0 Å². The molecule has 0 bridgehead atoms. The highest BCUT2D eigenvalue weighted by molar-refractivity contribution is 9.10. The number of carboxylic acids is 1. The quantitative estimate of drug-likeness (QED) is 0.862. The van der Waals surface area contributed by atoms with Crippen LogP contribution < -0.4 is 0 Å². The van der Waals surface area contributed by atoms with Crippen molar-refractivity contribution in [3.8, 4) is 0 Å². The fourth-order valence-corrected chi connectivity index (χ4v) is 2.94. The number of benzene rings is 1. The van der Waals surface area contributed by atoms with E-state index in [1.165, 1.54) is 11.3 Å². The summed E-state index contributed by atoms with van der Waals surface area (Å²) in [5.41, 5.74) is 0.269. The predicted octanol–water partition coefficient (Wildman–Crippen LogP) is 4.02. The zero-order chi connectivity index (χ0) is 10.3. The van der Waals surface area contributed by atoms with Crippen molar-refractivity contribution in [1.82, 2.24) is 0 Å². The highest BCUT2D eigenvalue weighted by Gasteiger charge is 2.14. The summed E-state index contributed by atoms with van der Waals surface area (Å²) >= 11 is 10.4. The largest absolute Gasteiger partial charge is 0.478 e. The maximum atomic E-state index is 11.0.